The maximum absolute atomic E-state index is 12.7. The van der Waals surface area contributed by atoms with Crippen LogP contribution in [0.1, 0.15) is 30.9 Å². The fourth-order valence-electron chi connectivity index (χ4n) is 3.41. The zero-order chi connectivity index (χ0) is 17.7. The number of hydrogen-bond donors (Lipinski definition) is 2. The van der Waals surface area contributed by atoms with Crippen molar-refractivity contribution < 1.29 is 4.79 Å². The van der Waals surface area contributed by atoms with Gasteiger partial charge in [0, 0.05) is 19.1 Å². The quantitative estimate of drug-likeness (QED) is 0.882. The summed E-state index contributed by atoms with van der Waals surface area (Å²) in [5.74, 6) is -0.106. The summed E-state index contributed by atoms with van der Waals surface area (Å²) in [5.41, 5.74) is 7.47. The Labute approximate surface area is 150 Å². The van der Waals surface area contributed by atoms with Gasteiger partial charge in [-0.1, -0.05) is 60.7 Å². The predicted molar refractivity (Wildman–Crippen MR) is 101 cm³/mol. The molecule has 3 N–H and O–H groups in total. The van der Waals surface area contributed by atoms with E-state index in [4.69, 9.17) is 5.73 Å². The second-order valence-electron chi connectivity index (χ2n) is 7.10. The Morgan fingerprint density at radius 3 is 2.48 bits per heavy atom. The normalized spacial score (nSPS) is 20.6. The first-order chi connectivity index (χ1) is 12.1. The third-order valence-corrected chi connectivity index (χ3v) is 4.93. The Balaban J connectivity index is 1.59. The molecule has 132 valence electrons. The molecule has 0 aromatic heterocycles. The van der Waals surface area contributed by atoms with Gasteiger partial charge in [-0.2, -0.15) is 0 Å². The molecule has 2 unspecified atom stereocenters. The van der Waals surface area contributed by atoms with Gasteiger partial charge in [0.25, 0.3) is 0 Å². The summed E-state index contributed by atoms with van der Waals surface area (Å²) in [7, 11) is 0. The first-order valence-corrected chi connectivity index (χ1v) is 8.97. The lowest BCUT2D eigenvalue weighted by Gasteiger charge is -2.35. The van der Waals surface area contributed by atoms with Gasteiger partial charge >= 0.3 is 0 Å². The van der Waals surface area contributed by atoms with E-state index in [1.54, 1.807) is 6.92 Å². The maximum Gasteiger partial charge on any atom is 0.244 e. The molecule has 3 rings (SSSR count). The molecule has 25 heavy (non-hydrogen) atoms. The number of amides is 1. The minimum Gasteiger partial charge on any atom is -0.350 e. The van der Waals surface area contributed by atoms with Crippen LogP contribution in [-0.2, 0) is 16.9 Å². The molecule has 0 aliphatic carbocycles. The Kier molecular flexibility index (Phi) is 5.51. The topological polar surface area (TPSA) is 58.4 Å². The van der Waals surface area contributed by atoms with E-state index >= 15 is 0 Å². The summed E-state index contributed by atoms with van der Waals surface area (Å²) in [6.07, 6.45) is 2.09. The minimum atomic E-state index is -1.01. The lowest BCUT2D eigenvalue weighted by molar-refractivity contribution is -0.127. The van der Waals surface area contributed by atoms with Gasteiger partial charge in [0.1, 0.15) is 5.54 Å². The highest BCUT2D eigenvalue weighted by Gasteiger charge is 2.32. The Hall–Kier alpha value is -2.17. The smallest absolute Gasteiger partial charge is 0.244 e. The molecule has 1 aliphatic heterocycles. The van der Waals surface area contributed by atoms with Crippen LogP contribution in [0.3, 0.4) is 0 Å². The van der Waals surface area contributed by atoms with Crippen LogP contribution in [0.2, 0.25) is 0 Å². The number of likely N-dealkylation sites (tertiary alicyclic amines) is 1. The largest absolute Gasteiger partial charge is 0.350 e. The van der Waals surface area contributed by atoms with E-state index < -0.39 is 5.54 Å². The molecule has 2 atom stereocenters. The van der Waals surface area contributed by atoms with Gasteiger partial charge in [0.15, 0.2) is 0 Å². The molecule has 0 saturated carbocycles. The van der Waals surface area contributed by atoms with E-state index in [1.807, 2.05) is 36.4 Å². The highest BCUT2D eigenvalue weighted by Crippen LogP contribution is 2.19. The standard InChI is InChI=1S/C21H27N3O/c1-21(22,18-11-6-3-7-12-18)20(25)23-19-13-8-14-24(16-19)15-17-9-4-2-5-10-17/h2-7,9-12,19H,8,13-16,22H2,1H3,(H,23,25). The van der Waals surface area contributed by atoms with Crippen LogP contribution in [0.15, 0.2) is 60.7 Å². The van der Waals surface area contributed by atoms with Crippen molar-refractivity contribution >= 4 is 5.91 Å². The van der Waals surface area contributed by atoms with Gasteiger partial charge in [-0.25, -0.2) is 0 Å². The number of nitrogens with one attached hydrogen (secondary N) is 1. The molecule has 1 fully saturated rings. The summed E-state index contributed by atoms with van der Waals surface area (Å²) in [4.78, 5) is 15.1. The van der Waals surface area contributed by atoms with Gasteiger partial charge in [-0.3, -0.25) is 9.69 Å². The maximum atomic E-state index is 12.7. The molecule has 2 aromatic rings. The summed E-state index contributed by atoms with van der Waals surface area (Å²) in [6, 6.07) is 20.2. The molecule has 4 heteroatoms. The van der Waals surface area contributed by atoms with Gasteiger partial charge in [-0.05, 0) is 37.4 Å². The number of rotatable bonds is 5. The highest BCUT2D eigenvalue weighted by molar-refractivity contribution is 5.87. The fraction of sp³-hybridized carbons (Fsp3) is 0.381. The Morgan fingerprint density at radius 1 is 1.16 bits per heavy atom. The fourth-order valence-corrected chi connectivity index (χ4v) is 3.41. The van der Waals surface area contributed by atoms with E-state index in [1.165, 1.54) is 5.56 Å². The van der Waals surface area contributed by atoms with Crippen LogP contribution < -0.4 is 11.1 Å². The van der Waals surface area contributed by atoms with E-state index in [0.29, 0.717) is 0 Å². The van der Waals surface area contributed by atoms with Crippen molar-refractivity contribution in [2.24, 2.45) is 5.73 Å². The molecule has 1 heterocycles. The van der Waals surface area contributed by atoms with Crippen molar-refractivity contribution in [2.75, 3.05) is 13.1 Å². The van der Waals surface area contributed by atoms with Crippen molar-refractivity contribution in [2.45, 2.75) is 37.9 Å². The van der Waals surface area contributed by atoms with Crippen LogP contribution in [0, 0.1) is 0 Å². The molecular weight excluding hydrogens is 310 g/mol. The van der Waals surface area contributed by atoms with Crippen molar-refractivity contribution in [3.8, 4) is 0 Å². The van der Waals surface area contributed by atoms with Crippen LogP contribution >= 0.6 is 0 Å². The molecule has 2 aromatic carbocycles. The number of nitrogens with two attached hydrogens (primary N) is 1. The minimum absolute atomic E-state index is 0.106. The highest BCUT2D eigenvalue weighted by atomic mass is 16.2. The monoisotopic (exact) mass is 337 g/mol. The average Bonchev–Trinajstić information content (AvgIpc) is 2.63. The Bertz CT molecular complexity index is 685. The third-order valence-electron chi connectivity index (χ3n) is 4.93. The van der Waals surface area contributed by atoms with Gasteiger partial charge in [0.2, 0.25) is 5.91 Å². The first kappa shape index (κ1) is 17.6. The van der Waals surface area contributed by atoms with E-state index in [-0.39, 0.29) is 11.9 Å². The first-order valence-electron chi connectivity index (χ1n) is 8.97. The van der Waals surface area contributed by atoms with E-state index in [0.717, 1.165) is 38.0 Å². The molecule has 1 saturated heterocycles. The van der Waals surface area contributed by atoms with Crippen LogP contribution in [0.5, 0.6) is 0 Å². The third kappa shape index (κ3) is 4.47. The van der Waals surface area contributed by atoms with Gasteiger partial charge in [0.05, 0.1) is 0 Å². The number of hydrogen-bond acceptors (Lipinski definition) is 3. The number of piperidine rings is 1. The van der Waals surface area contributed by atoms with Crippen LogP contribution in [-0.4, -0.2) is 29.9 Å². The number of carbonyl (C=O) groups excluding carboxylic acids is 1. The lowest BCUT2D eigenvalue weighted by atomic mass is 9.91. The molecule has 1 aliphatic rings. The molecule has 0 radical (unpaired) electrons. The molecule has 0 spiro atoms. The SMILES string of the molecule is CC(N)(C(=O)NC1CCCN(Cc2ccccc2)C1)c1ccccc1. The zero-order valence-corrected chi connectivity index (χ0v) is 14.8. The zero-order valence-electron chi connectivity index (χ0n) is 14.8. The average molecular weight is 337 g/mol. The summed E-state index contributed by atoms with van der Waals surface area (Å²) in [6.45, 7) is 4.64. The van der Waals surface area contributed by atoms with Crippen molar-refractivity contribution in [3.05, 3.63) is 71.8 Å². The van der Waals surface area contributed by atoms with E-state index in [9.17, 15) is 4.79 Å². The molecular formula is C21H27N3O. The van der Waals surface area contributed by atoms with Crippen LogP contribution in [0.4, 0.5) is 0 Å². The second kappa shape index (κ2) is 7.81. The van der Waals surface area contributed by atoms with Gasteiger partial charge < -0.3 is 11.1 Å². The van der Waals surface area contributed by atoms with Gasteiger partial charge in [-0.15, -0.1) is 0 Å². The number of nitrogens with zero attached hydrogens (tertiary/aromatic N) is 1. The number of carbonyl (C=O) groups is 1. The van der Waals surface area contributed by atoms with Crippen molar-refractivity contribution in [1.82, 2.24) is 10.2 Å². The molecule has 0 bridgehead atoms. The molecule has 4 nitrogen and oxygen atoms in total. The van der Waals surface area contributed by atoms with Crippen molar-refractivity contribution in [1.29, 1.82) is 0 Å². The summed E-state index contributed by atoms with van der Waals surface area (Å²) in [5, 5.41) is 3.17. The predicted octanol–water partition coefficient (Wildman–Crippen LogP) is 2.64. The van der Waals surface area contributed by atoms with E-state index in [2.05, 4.69) is 34.5 Å². The molecule has 1 amide bonds. The lowest BCUT2D eigenvalue weighted by Crippen LogP contribution is -2.55. The van der Waals surface area contributed by atoms with Crippen LogP contribution in [0.25, 0.3) is 0 Å². The summed E-state index contributed by atoms with van der Waals surface area (Å²) < 4.78 is 0. The second-order valence-corrected chi connectivity index (χ2v) is 7.10. The Morgan fingerprint density at radius 2 is 1.80 bits per heavy atom. The number of benzene rings is 2. The van der Waals surface area contributed by atoms with Crippen molar-refractivity contribution in [3.63, 3.8) is 0 Å². The summed E-state index contributed by atoms with van der Waals surface area (Å²) >= 11 is 0.